The van der Waals surface area contributed by atoms with Crippen molar-refractivity contribution in [3.8, 4) is 0 Å². The zero-order valence-electron chi connectivity index (χ0n) is 15.4. The van der Waals surface area contributed by atoms with Crippen molar-refractivity contribution >= 4 is 17.9 Å². The minimum Gasteiger partial charge on any atom is -0.472 e. The van der Waals surface area contributed by atoms with Crippen LogP contribution in [-0.2, 0) is 4.79 Å². The number of likely N-dealkylation sites (tertiary alicyclic amines) is 1. The summed E-state index contributed by atoms with van der Waals surface area (Å²) >= 11 is 0. The number of piperidine rings is 1. The van der Waals surface area contributed by atoms with Crippen LogP contribution in [0.1, 0.15) is 54.0 Å². The number of amides is 2. The van der Waals surface area contributed by atoms with Gasteiger partial charge in [0.15, 0.2) is 0 Å². The monoisotopic (exact) mass is 368 g/mol. The van der Waals surface area contributed by atoms with E-state index in [-0.39, 0.29) is 17.9 Å². The van der Waals surface area contributed by atoms with Crippen molar-refractivity contribution in [3.63, 3.8) is 0 Å². The van der Waals surface area contributed by atoms with E-state index in [1.165, 1.54) is 25.0 Å². The molecule has 0 bridgehead atoms. The number of carbonyl (C=O) groups is 2. The van der Waals surface area contributed by atoms with Crippen molar-refractivity contribution in [1.29, 1.82) is 0 Å². The van der Waals surface area contributed by atoms with Gasteiger partial charge in [0.1, 0.15) is 17.8 Å². The molecule has 1 aliphatic carbocycles. The summed E-state index contributed by atoms with van der Waals surface area (Å²) in [6, 6.07) is 5.66. The highest BCUT2D eigenvalue weighted by Gasteiger charge is 2.36. The van der Waals surface area contributed by atoms with E-state index in [0.717, 1.165) is 18.6 Å². The summed E-state index contributed by atoms with van der Waals surface area (Å²) in [4.78, 5) is 26.2. The van der Waals surface area contributed by atoms with Gasteiger partial charge in [0.25, 0.3) is 5.91 Å². The van der Waals surface area contributed by atoms with Crippen molar-refractivity contribution in [2.24, 2.45) is 5.92 Å². The molecule has 6 heteroatoms. The van der Waals surface area contributed by atoms with Crippen LogP contribution in [0.15, 0.2) is 45.6 Å². The van der Waals surface area contributed by atoms with Crippen molar-refractivity contribution in [2.75, 3.05) is 13.1 Å². The van der Waals surface area contributed by atoms with Gasteiger partial charge in [0, 0.05) is 31.1 Å². The van der Waals surface area contributed by atoms with Crippen LogP contribution in [0.3, 0.4) is 0 Å². The molecule has 0 spiro atoms. The molecule has 1 saturated heterocycles. The fraction of sp³-hybridized carbons (Fsp3) is 0.429. The molecule has 2 aliphatic rings. The Morgan fingerprint density at radius 2 is 2.00 bits per heavy atom. The largest absolute Gasteiger partial charge is 0.472 e. The van der Waals surface area contributed by atoms with Gasteiger partial charge in [-0.2, -0.15) is 0 Å². The highest BCUT2D eigenvalue weighted by molar-refractivity contribution is 5.94. The molecule has 3 heterocycles. The molecule has 1 aliphatic heterocycles. The average molecular weight is 368 g/mol. The summed E-state index contributed by atoms with van der Waals surface area (Å²) in [7, 11) is 0. The average Bonchev–Trinajstić information content (AvgIpc) is 3.11. The first-order valence-corrected chi connectivity index (χ1v) is 9.50. The summed E-state index contributed by atoms with van der Waals surface area (Å²) in [5.41, 5.74) is 0.568. The molecule has 2 unspecified atom stereocenters. The van der Waals surface area contributed by atoms with E-state index in [4.69, 9.17) is 8.83 Å². The lowest BCUT2D eigenvalue weighted by atomic mass is 10.0. The minimum atomic E-state index is -0.132. The van der Waals surface area contributed by atoms with Crippen molar-refractivity contribution in [3.05, 3.63) is 53.9 Å². The maximum Gasteiger partial charge on any atom is 0.257 e. The molecule has 6 nitrogen and oxygen atoms in total. The molecule has 4 rings (SSSR count). The summed E-state index contributed by atoms with van der Waals surface area (Å²) < 4.78 is 10.7. The predicted octanol–water partition coefficient (Wildman–Crippen LogP) is 3.43. The topological polar surface area (TPSA) is 75.7 Å². The van der Waals surface area contributed by atoms with E-state index in [2.05, 4.69) is 12.2 Å². The Hall–Kier alpha value is -2.76. The van der Waals surface area contributed by atoms with Gasteiger partial charge < -0.3 is 19.1 Å². The minimum absolute atomic E-state index is 0.0213. The van der Waals surface area contributed by atoms with E-state index >= 15 is 0 Å². The highest BCUT2D eigenvalue weighted by Crippen LogP contribution is 2.47. The number of furan rings is 2. The van der Waals surface area contributed by atoms with Crippen molar-refractivity contribution in [1.82, 2.24) is 10.2 Å². The van der Waals surface area contributed by atoms with Crippen molar-refractivity contribution in [2.45, 2.75) is 38.1 Å². The lowest BCUT2D eigenvalue weighted by Gasteiger charge is -2.32. The molecule has 2 fully saturated rings. The smallest absolute Gasteiger partial charge is 0.257 e. The second-order valence-electron chi connectivity index (χ2n) is 7.48. The molecular weight excluding hydrogens is 344 g/mol. The van der Waals surface area contributed by atoms with Crippen LogP contribution in [0.25, 0.3) is 6.08 Å². The Morgan fingerprint density at radius 3 is 2.67 bits per heavy atom. The van der Waals surface area contributed by atoms with Crippen LogP contribution in [0.2, 0.25) is 0 Å². The van der Waals surface area contributed by atoms with Crippen LogP contribution in [0, 0.1) is 5.92 Å². The highest BCUT2D eigenvalue weighted by atomic mass is 16.3. The first-order valence-electron chi connectivity index (χ1n) is 9.50. The molecule has 1 saturated carbocycles. The van der Waals surface area contributed by atoms with Gasteiger partial charge in [0.05, 0.1) is 11.8 Å². The fourth-order valence-electron chi connectivity index (χ4n) is 3.58. The van der Waals surface area contributed by atoms with Gasteiger partial charge in [0.2, 0.25) is 5.91 Å². The summed E-state index contributed by atoms with van der Waals surface area (Å²) in [6.45, 7) is 3.46. The Kier molecular flexibility index (Phi) is 4.88. The number of carbonyl (C=O) groups excluding carboxylic acids is 2. The summed E-state index contributed by atoms with van der Waals surface area (Å²) in [5.74, 6) is 2.80. The Labute approximate surface area is 158 Å². The van der Waals surface area contributed by atoms with E-state index in [1.54, 1.807) is 17.0 Å². The SMILES string of the molecule is CC1CC1c1ccc(/C=C/C(=O)NC2CCN(C(=O)c3ccoc3)CC2)o1. The molecule has 2 aromatic rings. The van der Waals surface area contributed by atoms with Gasteiger partial charge in [-0.25, -0.2) is 0 Å². The number of rotatable bonds is 5. The van der Waals surface area contributed by atoms with Crippen LogP contribution in [0.4, 0.5) is 0 Å². The summed E-state index contributed by atoms with van der Waals surface area (Å²) in [6.07, 6.45) is 8.86. The third-order valence-electron chi connectivity index (χ3n) is 5.42. The molecule has 0 radical (unpaired) electrons. The number of nitrogens with one attached hydrogen (secondary N) is 1. The second-order valence-corrected chi connectivity index (χ2v) is 7.48. The molecule has 2 atom stereocenters. The van der Waals surface area contributed by atoms with Gasteiger partial charge >= 0.3 is 0 Å². The molecule has 2 amide bonds. The molecule has 142 valence electrons. The van der Waals surface area contributed by atoms with E-state index in [9.17, 15) is 9.59 Å². The quantitative estimate of drug-likeness (QED) is 0.821. The van der Waals surface area contributed by atoms with Gasteiger partial charge in [-0.05, 0) is 49.5 Å². The fourth-order valence-corrected chi connectivity index (χ4v) is 3.58. The van der Waals surface area contributed by atoms with Crippen LogP contribution in [-0.4, -0.2) is 35.8 Å². The van der Waals surface area contributed by atoms with E-state index < -0.39 is 0 Å². The normalized spacial score (nSPS) is 22.9. The summed E-state index contributed by atoms with van der Waals surface area (Å²) in [5, 5.41) is 3.01. The van der Waals surface area contributed by atoms with Gasteiger partial charge in [-0.3, -0.25) is 9.59 Å². The zero-order valence-corrected chi connectivity index (χ0v) is 15.4. The molecular formula is C21H24N2O4. The van der Waals surface area contributed by atoms with E-state index in [1.807, 2.05) is 12.1 Å². The molecule has 2 aromatic heterocycles. The van der Waals surface area contributed by atoms with Gasteiger partial charge in [-0.15, -0.1) is 0 Å². The number of nitrogens with zero attached hydrogens (tertiary/aromatic N) is 1. The second kappa shape index (κ2) is 7.47. The molecule has 27 heavy (non-hydrogen) atoms. The van der Waals surface area contributed by atoms with Crippen LogP contribution in [0.5, 0.6) is 0 Å². The predicted molar refractivity (Wildman–Crippen MR) is 100 cm³/mol. The Balaban J connectivity index is 1.23. The first-order chi connectivity index (χ1) is 13.1. The molecule has 1 N–H and O–H groups in total. The maximum absolute atomic E-state index is 12.3. The number of hydrogen-bond acceptors (Lipinski definition) is 4. The zero-order chi connectivity index (χ0) is 18.8. The Morgan fingerprint density at radius 1 is 1.22 bits per heavy atom. The van der Waals surface area contributed by atoms with Gasteiger partial charge in [-0.1, -0.05) is 6.92 Å². The lowest BCUT2D eigenvalue weighted by molar-refractivity contribution is -0.117. The van der Waals surface area contributed by atoms with Crippen molar-refractivity contribution < 1.29 is 18.4 Å². The third-order valence-corrected chi connectivity index (χ3v) is 5.42. The number of hydrogen-bond donors (Lipinski definition) is 1. The molecule has 0 aromatic carbocycles. The maximum atomic E-state index is 12.3. The van der Waals surface area contributed by atoms with Crippen LogP contribution < -0.4 is 5.32 Å². The lowest BCUT2D eigenvalue weighted by Crippen LogP contribution is -2.46. The standard InChI is InChI=1S/C21H24N2O4/c1-14-12-18(14)19-4-2-17(27-19)3-5-20(24)22-16-6-9-23(10-7-16)21(25)15-8-11-26-13-15/h2-5,8,11,13-14,16,18H,6-7,9-10,12H2,1H3,(H,22,24)/b5-3+. The van der Waals surface area contributed by atoms with E-state index in [0.29, 0.717) is 36.2 Å². The third kappa shape index (κ3) is 4.15. The first kappa shape index (κ1) is 17.6. The Bertz CT molecular complexity index is 828. The van der Waals surface area contributed by atoms with Crippen LogP contribution >= 0.6 is 0 Å².